The van der Waals surface area contributed by atoms with Gasteiger partial charge in [0.05, 0.1) is 38.2 Å². The molecule has 0 spiro atoms. The molecule has 2 heterocycles. The molecule has 30 heavy (non-hydrogen) atoms. The van der Waals surface area contributed by atoms with E-state index < -0.39 is 9.84 Å². The molecule has 1 amide bonds. The molecule has 0 aromatic heterocycles. The molecule has 0 N–H and O–H groups in total. The van der Waals surface area contributed by atoms with Gasteiger partial charge in [-0.3, -0.25) is 4.79 Å². The summed E-state index contributed by atoms with van der Waals surface area (Å²) in [6.07, 6.45) is 0.160. The van der Waals surface area contributed by atoms with Gasteiger partial charge in [0.25, 0.3) is 5.91 Å². The standard InChI is InChI=1S/C21H22N2O5S2/c1-27-16-8-6-14(7-9-16)10-20(24)22-21-23(15-4-3-5-17(11-15)28-2)18-12-30(25,26)13-19(18)29-21/h3-9,11,18-19H,10,12-13H2,1-2H3/t18-,19+/m0/s1. The molecule has 0 saturated carbocycles. The van der Waals surface area contributed by atoms with Gasteiger partial charge in [0.15, 0.2) is 15.0 Å². The maximum Gasteiger partial charge on any atom is 0.252 e. The number of hydrogen-bond donors (Lipinski definition) is 0. The monoisotopic (exact) mass is 446 g/mol. The molecule has 2 aromatic carbocycles. The quantitative estimate of drug-likeness (QED) is 0.698. The molecule has 2 saturated heterocycles. The minimum absolute atomic E-state index is 0.0492. The molecule has 0 radical (unpaired) electrons. The molecular weight excluding hydrogens is 424 g/mol. The van der Waals surface area contributed by atoms with Gasteiger partial charge in [-0.15, -0.1) is 0 Å². The summed E-state index contributed by atoms with van der Waals surface area (Å²) in [6.45, 7) is 0. The number of methoxy groups -OCH3 is 2. The van der Waals surface area contributed by atoms with Crippen molar-refractivity contribution in [2.24, 2.45) is 4.99 Å². The normalized spacial score (nSPS) is 23.4. The summed E-state index contributed by atoms with van der Waals surface area (Å²) in [6, 6.07) is 14.4. The Morgan fingerprint density at radius 2 is 1.83 bits per heavy atom. The molecule has 2 aliphatic rings. The SMILES string of the molecule is COc1ccc(CC(=O)N=C2S[C@@H]3CS(=O)(=O)C[C@@H]3N2c2cccc(OC)c2)cc1. The van der Waals surface area contributed by atoms with Crippen molar-refractivity contribution in [2.75, 3.05) is 30.6 Å². The first-order chi connectivity index (χ1) is 14.4. The second-order valence-corrected chi connectivity index (χ2v) is 10.5. The van der Waals surface area contributed by atoms with E-state index in [1.165, 1.54) is 11.8 Å². The van der Waals surface area contributed by atoms with Crippen LogP contribution in [0.4, 0.5) is 5.69 Å². The second-order valence-electron chi connectivity index (χ2n) is 7.19. The molecule has 2 aromatic rings. The van der Waals surface area contributed by atoms with E-state index in [2.05, 4.69) is 4.99 Å². The first-order valence-corrected chi connectivity index (χ1v) is 12.1. The van der Waals surface area contributed by atoms with Gasteiger partial charge >= 0.3 is 0 Å². The van der Waals surface area contributed by atoms with Crippen molar-refractivity contribution < 1.29 is 22.7 Å². The molecule has 2 fully saturated rings. The van der Waals surface area contributed by atoms with Crippen LogP contribution in [0.3, 0.4) is 0 Å². The third-order valence-corrected chi connectivity index (χ3v) is 8.34. The Bertz CT molecular complexity index is 1080. The second kappa shape index (κ2) is 8.31. The van der Waals surface area contributed by atoms with Crippen LogP contribution in [0.1, 0.15) is 5.56 Å². The molecular formula is C21H22N2O5S2. The molecule has 158 valence electrons. The van der Waals surface area contributed by atoms with Crippen molar-refractivity contribution in [1.29, 1.82) is 0 Å². The lowest BCUT2D eigenvalue weighted by atomic mass is 10.1. The first kappa shape index (κ1) is 20.7. The smallest absolute Gasteiger partial charge is 0.252 e. The lowest BCUT2D eigenvalue weighted by Crippen LogP contribution is -2.37. The van der Waals surface area contributed by atoms with Crippen LogP contribution in [0.2, 0.25) is 0 Å². The number of thioether (sulfide) groups is 1. The molecule has 0 unspecified atom stereocenters. The number of amides is 1. The fourth-order valence-corrected chi connectivity index (χ4v) is 7.62. The third kappa shape index (κ3) is 4.32. The summed E-state index contributed by atoms with van der Waals surface area (Å²) in [5, 5.41) is 0.389. The lowest BCUT2D eigenvalue weighted by Gasteiger charge is -2.24. The molecule has 0 aliphatic carbocycles. The minimum Gasteiger partial charge on any atom is -0.497 e. The molecule has 2 atom stereocenters. The van der Waals surface area contributed by atoms with Gasteiger partial charge in [0.2, 0.25) is 0 Å². The van der Waals surface area contributed by atoms with E-state index in [0.29, 0.717) is 10.9 Å². The zero-order valence-electron chi connectivity index (χ0n) is 16.6. The highest BCUT2D eigenvalue weighted by molar-refractivity contribution is 8.16. The van der Waals surface area contributed by atoms with Crippen LogP contribution in [-0.4, -0.2) is 56.5 Å². The topological polar surface area (TPSA) is 85.3 Å². The first-order valence-electron chi connectivity index (χ1n) is 9.43. The Balaban J connectivity index is 1.62. The Kier molecular flexibility index (Phi) is 5.75. The van der Waals surface area contributed by atoms with E-state index in [1.54, 1.807) is 26.4 Å². The zero-order chi connectivity index (χ0) is 21.3. The van der Waals surface area contributed by atoms with E-state index in [9.17, 15) is 13.2 Å². The number of ether oxygens (including phenoxy) is 2. The zero-order valence-corrected chi connectivity index (χ0v) is 18.3. The number of amidine groups is 1. The third-order valence-electron chi connectivity index (χ3n) is 5.13. The van der Waals surface area contributed by atoms with Crippen LogP contribution >= 0.6 is 11.8 Å². The predicted molar refractivity (Wildman–Crippen MR) is 118 cm³/mol. The highest BCUT2D eigenvalue weighted by Crippen LogP contribution is 2.41. The van der Waals surface area contributed by atoms with Crippen LogP contribution in [0.5, 0.6) is 11.5 Å². The van der Waals surface area contributed by atoms with Crippen molar-refractivity contribution in [2.45, 2.75) is 17.7 Å². The van der Waals surface area contributed by atoms with Crippen molar-refractivity contribution in [3.63, 3.8) is 0 Å². The van der Waals surface area contributed by atoms with Gasteiger partial charge in [-0.25, -0.2) is 8.42 Å². The fourth-order valence-electron chi connectivity index (χ4n) is 3.69. The Morgan fingerprint density at radius 1 is 1.10 bits per heavy atom. The van der Waals surface area contributed by atoms with Crippen molar-refractivity contribution in [1.82, 2.24) is 0 Å². The van der Waals surface area contributed by atoms with Crippen molar-refractivity contribution in [3.8, 4) is 11.5 Å². The van der Waals surface area contributed by atoms with E-state index >= 15 is 0 Å². The van der Waals surface area contributed by atoms with E-state index in [4.69, 9.17) is 9.47 Å². The van der Waals surface area contributed by atoms with Crippen molar-refractivity contribution >= 4 is 38.4 Å². The predicted octanol–water partition coefficient (Wildman–Crippen LogP) is 2.55. The number of anilines is 1. The fraction of sp³-hybridized carbons (Fsp3) is 0.333. The van der Waals surface area contributed by atoms with Gasteiger partial charge in [-0.1, -0.05) is 30.0 Å². The maximum atomic E-state index is 12.7. The van der Waals surface area contributed by atoms with Crippen LogP contribution in [0.25, 0.3) is 0 Å². The number of hydrogen-bond acceptors (Lipinski definition) is 6. The van der Waals surface area contributed by atoms with Crippen LogP contribution in [-0.2, 0) is 21.1 Å². The number of carbonyl (C=O) groups excluding carboxylic acids is 1. The van der Waals surface area contributed by atoms with Gasteiger partial charge in [-0.2, -0.15) is 4.99 Å². The summed E-state index contributed by atoms with van der Waals surface area (Å²) in [4.78, 5) is 18.9. The van der Waals surface area contributed by atoms with E-state index in [1.807, 2.05) is 41.3 Å². The van der Waals surface area contributed by atoms with Gasteiger partial charge in [-0.05, 0) is 29.8 Å². The number of nitrogens with zero attached hydrogens (tertiary/aromatic N) is 2. The molecule has 0 bridgehead atoms. The molecule has 4 rings (SSSR count). The van der Waals surface area contributed by atoms with Gasteiger partial charge < -0.3 is 14.4 Å². The number of carbonyl (C=O) groups is 1. The van der Waals surface area contributed by atoms with Crippen molar-refractivity contribution in [3.05, 3.63) is 54.1 Å². The van der Waals surface area contributed by atoms with Gasteiger partial charge in [0.1, 0.15) is 11.5 Å². The summed E-state index contributed by atoms with van der Waals surface area (Å²) >= 11 is 1.36. The van der Waals surface area contributed by atoms with E-state index in [0.717, 1.165) is 17.0 Å². The summed E-state index contributed by atoms with van der Waals surface area (Å²) < 4.78 is 34.8. The Morgan fingerprint density at radius 3 is 2.53 bits per heavy atom. The van der Waals surface area contributed by atoms with Gasteiger partial charge in [0, 0.05) is 17.0 Å². The Labute approximate surface area is 180 Å². The lowest BCUT2D eigenvalue weighted by molar-refractivity contribution is -0.117. The number of rotatable bonds is 5. The molecule has 2 aliphatic heterocycles. The summed E-state index contributed by atoms with van der Waals surface area (Å²) in [5.41, 5.74) is 1.60. The molecule has 9 heteroatoms. The number of aliphatic imine (C=N–C) groups is 1. The Hall–Kier alpha value is -2.52. The van der Waals surface area contributed by atoms with E-state index in [-0.39, 0.29) is 35.1 Å². The highest BCUT2D eigenvalue weighted by Gasteiger charge is 2.49. The average Bonchev–Trinajstić information content (AvgIpc) is 3.19. The number of fused-ring (bicyclic) bond motifs is 1. The molecule has 7 nitrogen and oxygen atoms in total. The maximum absolute atomic E-state index is 12.7. The largest absolute Gasteiger partial charge is 0.497 e. The summed E-state index contributed by atoms with van der Waals surface area (Å²) in [5.74, 6) is 1.24. The van der Waals surface area contributed by atoms with Crippen LogP contribution in [0, 0.1) is 0 Å². The number of benzene rings is 2. The highest BCUT2D eigenvalue weighted by atomic mass is 32.2. The summed E-state index contributed by atoms with van der Waals surface area (Å²) in [7, 11) is 0.0537. The minimum atomic E-state index is -3.11. The average molecular weight is 447 g/mol. The van der Waals surface area contributed by atoms with Crippen LogP contribution in [0.15, 0.2) is 53.5 Å². The number of sulfone groups is 1. The van der Waals surface area contributed by atoms with Crippen LogP contribution < -0.4 is 14.4 Å².